The van der Waals surface area contributed by atoms with Crippen LogP contribution >= 0.6 is 0 Å². The number of imide groups is 1. The predicted molar refractivity (Wildman–Crippen MR) is 137 cm³/mol. The number of fused-ring (bicyclic) bond motifs is 1. The summed E-state index contributed by atoms with van der Waals surface area (Å²) in [5, 5.41) is 2.98. The molecule has 1 aromatic carbocycles. The fourth-order valence-corrected chi connectivity index (χ4v) is 4.43. The van der Waals surface area contributed by atoms with Crippen LogP contribution in [-0.2, 0) is 9.53 Å². The number of benzene rings is 1. The number of hydrogen-bond donors (Lipinski definition) is 1. The first kappa shape index (κ1) is 27.6. The zero-order valence-corrected chi connectivity index (χ0v) is 21.9. The third-order valence-corrected chi connectivity index (χ3v) is 6.41. The minimum absolute atomic E-state index is 0.0432. The standard InChI is InChI=1S/C27H40N4O5/c1-27(2,3)36-26(35)30-19-17-29(18-20-30)15-10-8-14-28-23(32)13-5-4-9-16-31-24(33)21-11-6-7-12-22(21)25(31)34/h6-7,11-12H,4-5,8-10,13-20H2,1-3H3,(H,28,32). The summed E-state index contributed by atoms with van der Waals surface area (Å²) >= 11 is 0. The maximum atomic E-state index is 12.4. The number of nitrogens with one attached hydrogen (secondary N) is 1. The number of nitrogens with zero attached hydrogens (tertiary/aromatic N) is 3. The predicted octanol–water partition coefficient (Wildman–Crippen LogP) is 3.29. The van der Waals surface area contributed by atoms with Gasteiger partial charge in [-0.25, -0.2) is 4.79 Å². The van der Waals surface area contributed by atoms with Crippen LogP contribution in [0.15, 0.2) is 24.3 Å². The number of hydrogen-bond acceptors (Lipinski definition) is 6. The zero-order valence-electron chi connectivity index (χ0n) is 21.9. The lowest BCUT2D eigenvalue weighted by molar-refractivity contribution is -0.121. The van der Waals surface area contributed by atoms with Gasteiger partial charge < -0.3 is 15.0 Å². The molecule has 36 heavy (non-hydrogen) atoms. The monoisotopic (exact) mass is 500 g/mol. The minimum Gasteiger partial charge on any atom is -0.444 e. The number of amides is 4. The smallest absolute Gasteiger partial charge is 0.410 e. The number of carbonyl (C=O) groups excluding carboxylic acids is 4. The van der Waals surface area contributed by atoms with Crippen molar-refractivity contribution in [1.29, 1.82) is 0 Å². The molecule has 3 rings (SSSR count). The normalized spacial score (nSPS) is 16.3. The molecule has 2 aliphatic rings. The van der Waals surface area contributed by atoms with Crippen LogP contribution in [0, 0.1) is 0 Å². The average molecular weight is 501 g/mol. The molecule has 0 aliphatic carbocycles. The lowest BCUT2D eigenvalue weighted by Crippen LogP contribution is -2.50. The largest absolute Gasteiger partial charge is 0.444 e. The van der Waals surface area contributed by atoms with Crippen LogP contribution in [0.5, 0.6) is 0 Å². The summed E-state index contributed by atoms with van der Waals surface area (Å²) in [5.41, 5.74) is 0.482. The van der Waals surface area contributed by atoms with E-state index in [1.165, 1.54) is 4.90 Å². The van der Waals surface area contributed by atoms with E-state index in [-0.39, 0.29) is 23.8 Å². The molecule has 2 heterocycles. The summed E-state index contributed by atoms with van der Waals surface area (Å²) in [5.74, 6) is -0.404. The van der Waals surface area contributed by atoms with Gasteiger partial charge in [0.1, 0.15) is 5.60 Å². The van der Waals surface area contributed by atoms with E-state index in [2.05, 4.69) is 10.2 Å². The molecule has 198 valence electrons. The van der Waals surface area contributed by atoms with Crippen LogP contribution in [0.3, 0.4) is 0 Å². The molecular formula is C27H40N4O5. The van der Waals surface area contributed by atoms with Gasteiger partial charge in [0, 0.05) is 45.7 Å². The van der Waals surface area contributed by atoms with Crippen molar-refractivity contribution in [1.82, 2.24) is 20.0 Å². The van der Waals surface area contributed by atoms with E-state index in [1.807, 2.05) is 20.8 Å². The molecule has 1 aromatic rings. The number of ether oxygens (including phenoxy) is 1. The van der Waals surface area contributed by atoms with Crippen LogP contribution < -0.4 is 5.32 Å². The SMILES string of the molecule is CC(C)(C)OC(=O)N1CCN(CCCCNC(=O)CCCCCN2C(=O)c3ccccc3C2=O)CC1. The van der Waals surface area contributed by atoms with Crippen molar-refractivity contribution >= 4 is 23.8 Å². The summed E-state index contributed by atoms with van der Waals surface area (Å²) in [6.45, 7) is 10.7. The van der Waals surface area contributed by atoms with Gasteiger partial charge in [-0.05, 0) is 65.1 Å². The van der Waals surface area contributed by atoms with Gasteiger partial charge in [0.25, 0.3) is 11.8 Å². The van der Waals surface area contributed by atoms with E-state index >= 15 is 0 Å². The number of piperazine rings is 1. The fourth-order valence-electron chi connectivity index (χ4n) is 4.43. The molecule has 0 saturated carbocycles. The number of carbonyl (C=O) groups is 4. The van der Waals surface area contributed by atoms with Crippen molar-refractivity contribution in [3.05, 3.63) is 35.4 Å². The van der Waals surface area contributed by atoms with E-state index < -0.39 is 5.60 Å². The molecule has 9 heteroatoms. The summed E-state index contributed by atoms with van der Waals surface area (Å²) in [6.07, 6.45) is 4.33. The third kappa shape index (κ3) is 8.05. The van der Waals surface area contributed by atoms with Gasteiger partial charge in [0.05, 0.1) is 11.1 Å². The Bertz CT molecular complexity index is 899. The van der Waals surface area contributed by atoms with Crippen molar-refractivity contribution in [2.24, 2.45) is 0 Å². The van der Waals surface area contributed by atoms with Crippen LogP contribution in [0.2, 0.25) is 0 Å². The minimum atomic E-state index is -0.472. The van der Waals surface area contributed by atoms with Gasteiger partial charge >= 0.3 is 6.09 Å². The summed E-state index contributed by atoms with van der Waals surface area (Å²) < 4.78 is 5.43. The highest BCUT2D eigenvalue weighted by atomic mass is 16.6. The first-order valence-corrected chi connectivity index (χ1v) is 13.1. The quantitative estimate of drug-likeness (QED) is 0.370. The molecule has 2 aliphatic heterocycles. The second kappa shape index (κ2) is 12.9. The molecule has 1 fully saturated rings. The molecule has 0 unspecified atom stereocenters. The summed E-state index contributed by atoms with van der Waals surface area (Å²) in [6, 6.07) is 6.90. The van der Waals surface area contributed by atoms with Crippen LogP contribution in [0.4, 0.5) is 4.79 Å². The van der Waals surface area contributed by atoms with E-state index in [0.29, 0.717) is 50.1 Å². The third-order valence-electron chi connectivity index (χ3n) is 6.41. The van der Waals surface area contributed by atoms with Crippen molar-refractivity contribution < 1.29 is 23.9 Å². The second-order valence-corrected chi connectivity index (χ2v) is 10.5. The first-order valence-electron chi connectivity index (χ1n) is 13.1. The Kier molecular flexibility index (Phi) is 9.87. The van der Waals surface area contributed by atoms with Crippen molar-refractivity contribution in [2.45, 2.75) is 64.9 Å². The molecule has 0 radical (unpaired) electrons. The van der Waals surface area contributed by atoms with Gasteiger partial charge in [-0.1, -0.05) is 18.6 Å². The van der Waals surface area contributed by atoms with Crippen molar-refractivity contribution in [3.63, 3.8) is 0 Å². The Balaban J connectivity index is 1.18. The number of rotatable bonds is 11. The molecule has 0 bridgehead atoms. The highest BCUT2D eigenvalue weighted by molar-refractivity contribution is 6.21. The van der Waals surface area contributed by atoms with E-state index in [1.54, 1.807) is 29.2 Å². The lowest BCUT2D eigenvalue weighted by atomic mass is 10.1. The number of unbranched alkanes of at least 4 members (excludes halogenated alkanes) is 3. The van der Waals surface area contributed by atoms with Gasteiger partial charge in [-0.3, -0.25) is 24.2 Å². The Morgan fingerprint density at radius 3 is 2.08 bits per heavy atom. The lowest BCUT2D eigenvalue weighted by Gasteiger charge is -2.35. The van der Waals surface area contributed by atoms with Gasteiger partial charge in [-0.2, -0.15) is 0 Å². The van der Waals surface area contributed by atoms with Gasteiger partial charge in [-0.15, -0.1) is 0 Å². The van der Waals surface area contributed by atoms with E-state index in [9.17, 15) is 19.2 Å². The van der Waals surface area contributed by atoms with Crippen molar-refractivity contribution in [3.8, 4) is 0 Å². The van der Waals surface area contributed by atoms with Crippen molar-refractivity contribution in [2.75, 3.05) is 45.8 Å². The Morgan fingerprint density at radius 1 is 0.861 bits per heavy atom. The second-order valence-electron chi connectivity index (χ2n) is 10.5. The molecule has 0 atom stereocenters. The molecule has 0 aromatic heterocycles. The van der Waals surface area contributed by atoms with Crippen LogP contribution in [0.1, 0.15) is 80.0 Å². The molecule has 4 amide bonds. The topological polar surface area (TPSA) is 99.3 Å². The molecule has 0 spiro atoms. The van der Waals surface area contributed by atoms with Gasteiger partial charge in [0.2, 0.25) is 5.91 Å². The first-order chi connectivity index (χ1) is 17.2. The Labute approximate surface area is 214 Å². The maximum Gasteiger partial charge on any atom is 0.410 e. The molecule has 1 N–H and O–H groups in total. The van der Waals surface area contributed by atoms with E-state index in [4.69, 9.17) is 4.74 Å². The summed E-state index contributed by atoms with van der Waals surface area (Å²) in [7, 11) is 0. The highest BCUT2D eigenvalue weighted by Crippen LogP contribution is 2.22. The van der Waals surface area contributed by atoms with Crippen LogP contribution in [0.25, 0.3) is 0 Å². The zero-order chi connectivity index (χ0) is 26.1. The van der Waals surface area contributed by atoms with E-state index in [0.717, 1.165) is 45.3 Å². The maximum absolute atomic E-state index is 12.4. The molecule has 1 saturated heterocycles. The Hall–Kier alpha value is -2.94. The highest BCUT2D eigenvalue weighted by Gasteiger charge is 2.34. The average Bonchev–Trinajstić information content (AvgIpc) is 3.08. The fraction of sp³-hybridized carbons (Fsp3) is 0.630. The summed E-state index contributed by atoms with van der Waals surface area (Å²) in [4.78, 5) is 54.4. The van der Waals surface area contributed by atoms with Gasteiger partial charge in [0.15, 0.2) is 0 Å². The van der Waals surface area contributed by atoms with Crippen LogP contribution in [-0.4, -0.2) is 89.9 Å². The molecular weight excluding hydrogens is 460 g/mol. The Morgan fingerprint density at radius 2 is 1.47 bits per heavy atom. The molecule has 9 nitrogen and oxygen atoms in total.